The summed E-state index contributed by atoms with van der Waals surface area (Å²) < 4.78 is 28.9. The van der Waals surface area contributed by atoms with E-state index in [1.807, 2.05) is 18.5 Å². The molecule has 0 saturated carbocycles. The van der Waals surface area contributed by atoms with Gasteiger partial charge in [0.15, 0.2) is 5.65 Å². The molecule has 1 unspecified atom stereocenters. The van der Waals surface area contributed by atoms with Crippen LogP contribution in [0.25, 0.3) is 16.7 Å². The number of alkyl halides is 2. The highest BCUT2D eigenvalue weighted by Crippen LogP contribution is 2.31. The van der Waals surface area contributed by atoms with Gasteiger partial charge in [-0.1, -0.05) is 0 Å². The molecule has 28 heavy (non-hydrogen) atoms. The fourth-order valence-electron chi connectivity index (χ4n) is 4.38. The van der Waals surface area contributed by atoms with Crippen molar-refractivity contribution in [2.24, 2.45) is 0 Å². The summed E-state index contributed by atoms with van der Waals surface area (Å²) >= 11 is 0. The van der Waals surface area contributed by atoms with Gasteiger partial charge >= 0.3 is 6.03 Å². The summed E-state index contributed by atoms with van der Waals surface area (Å²) in [7, 11) is 0. The predicted octanol–water partition coefficient (Wildman–Crippen LogP) is 3.24. The molecule has 0 aliphatic carbocycles. The molecule has 0 aromatic carbocycles. The smallest absolute Gasteiger partial charge is 0.320 e. The molecule has 9 heteroatoms. The van der Waals surface area contributed by atoms with Crippen molar-refractivity contribution in [1.82, 2.24) is 29.2 Å². The number of urea groups is 1. The van der Waals surface area contributed by atoms with Crippen LogP contribution in [0, 0.1) is 0 Å². The number of halogens is 2. The van der Waals surface area contributed by atoms with E-state index in [1.54, 1.807) is 16.0 Å². The number of aromatic amines is 1. The molecule has 2 aliphatic heterocycles. The van der Waals surface area contributed by atoms with Gasteiger partial charge in [0.1, 0.15) is 5.82 Å². The van der Waals surface area contributed by atoms with Crippen LogP contribution < -0.4 is 0 Å². The summed E-state index contributed by atoms with van der Waals surface area (Å²) in [6.45, 7) is 1.45. The zero-order valence-electron chi connectivity index (χ0n) is 15.4. The number of piperidine rings is 2. The molecule has 1 atom stereocenters. The fraction of sp³-hybridized carbons (Fsp3) is 0.526. The summed E-state index contributed by atoms with van der Waals surface area (Å²) in [6.07, 6.45) is 6.76. The molecular formula is C19H22F2N6O. The average Bonchev–Trinajstić information content (AvgIpc) is 3.33. The first kappa shape index (κ1) is 17.4. The lowest BCUT2D eigenvalue weighted by atomic mass is 9.97. The quantitative estimate of drug-likeness (QED) is 0.696. The van der Waals surface area contributed by atoms with Crippen LogP contribution in [0.3, 0.4) is 0 Å². The number of likely N-dealkylation sites (tertiary alicyclic amines) is 2. The molecule has 0 radical (unpaired) electrons. The number of rotatable bonds is 1. The Morgan fingerprint density at radius 1 is 1.14 bits per heavy atom. The Morgan fingerprint density at radius 2 is 1.93 bits per heavy atom. The van der Waals surface area contributed by atoms with Gasteiger partial charge in [-0.2, -0.15) is 0 Å². The van der Waals surface area contributed by atoms with E-state index < -0.39 is 5.92 Å². The first-order chi connectivity index (χ1) is 13.5. The van der Waals surface area contributed by atoms with Crippen molar-refractivity contribution in [3.63, 3.8) is 0 Å². The first-order valence-electron chi connectivity index (χ1n) is 9.73. The van der Waals surface area contributed by atoms with Crippen molar-refractivity contribution >= 4 is 22.7 Å². The predicted molar refractivity (Wildman–Crippen MR) is 99.5 cm³/mol. The minimum atomic E-state index is -2.65. The lowest BCUT2D eigenvalue weighted by Gasteiger charge is -2.38. The average molecular weight is 388 g/mol. The molecule has 5 heterocycles. The number of amides is 2. The van der Waals surface area contributed by atoms with E-state index in [2.05, 4.69) is 19.4 Å². The number of aromatic nitrogens is 4. The monoisotopic (exact) mass is 388 g/mol. The zero-order chi connectivity index (χ0) is 19.3. The van der Waals surface area contributed by atoms with E-state index in [1.165, 1.54) is 0 Å². The van der Waals surface area contributed by atoms with E-state index >= 15 is 0 Å². The van der Waals surface area contributed by atoms with Crippen molar-refractivity contribution in [1.29, 1.82) is 0 Å². The number of imidazole rings is 1. The maximum absolute atomic E-state index is 13.4. The molecule has 3 aromatic rings. The topological polar surface area (TPSA) is 69.5 Å². The van der Waals surface area contributed by atoms with Crippen molar-refractivity contribution in [3.8, 4) is 0 Å². The maximum Gasteiger partial charge on any atom is 0.320 e. The van der Waals surface area contributed by atoms with Crippen LogP contribution >= 0.6 is 0 Å². The molecule has 2 fully saturated rings. The van der Waals surface area contributed by atoms with Gasteiger partial charge in [-0.25, -0.2) is 23.5 Å². The summed E-state index contributed by atoms with van der Waals surface area (Å²) in [5, 5.41) is 0. The molecule has 2 aliphatic rings. The van der Waals surface area contributed by atoms with E-state index in [9.17, 15) is 13.6 Å². The highest BCUT2D eigenvalue weighted by Gasteiger charge is 2.38. The Morgan fingerprint density at radius 3 is 2.75 bits per heavy atom. The van der Waals surface area contributed by atoms with E-state index in [0.29, 0.717) is 13.1 Å². The Bertz CT molecular complexity index is 1020. The second-order valence-electron chi connectivity index (χ2n) is 7.76. The summed E-state index contributed by atoms with van der Waals surface area (Å²) in [4.78, 5) is 28.4. The van der Waals surface area contributed by atoms with E-state index in [-0.39, 0.29) is 37.9 Å². The minimum Gasteiger partial charge on any atom is -0.345 e. The number of hydrogen-bond donors (Lipinski definition) is 1. The number of carbonyl (C=O) groups excluding carboxylic acids is 1. The van der Waals surface area contributed by atoms with Crippen molar-refractivity contribution in [2.75, 3.05) is 26.2 Å². The largest absolute Gasteiger partial charge is 0.345 e. The molecule has 2 amide bonds. The minimum absolute atomic E-state index is 0.104. The standard InChI is InChI=1S/C19H22F2N6O/c20-19(21)4-8-25(9-5-19)18(28)26-7-1-2-13(12-26)17-24-11-14-10-23-16-15(27(14)17)3-6-22-16/h3,6,10-11,13,22H,1-2,4-5,7-9,12H2. The van der Waals surface area contributed by atoms with Gasteiger partial charge in [-0.3, -0.25) is 4.40 Å². The van der Waals surface area contributed by atoms with Crippen LogP contribution in [0.4, 0.5) is 13.6 Å². The number of nitrogens with zero attached hydrogens (tertiary/aromatic N) is 5. The lowest BCUT2D eigenvalue weighted by molar-refractivity contribution is -0.0495. The van der Waals surface area contributed by atoms with Gasteiger partial charge in [0.05, 0.1) is 23.4 Å². The molecule has 2 saturated heterocycles. The summed E-state index contributed by atoms with van der Waals surface area (Å²) in [6, 6.07) is 1.84. The van der Waals surface area contributed by atoms with Gasteiger partial charge < -0.3 is 14.8 Å². The van der Waals surface area contributed by atoms with Crippen LogP contribution in [0.5, 0.6) is 0 Å². The first-order valence-corrected chi connectivity index (χ1v) is 9.73. The Kier molecular flexibility index (Phi) is 3.99. The second kappa shape index (κ2) is 6.42. The van der Waals surface area contributed by atoms with Crippen LogP contribution in [0.15, 0.2) is 24.7 Å². The molecule has 3 aromatic heterocycles. The fourth-order valence-corrected chi connectivity index (χ4v) is 4.38. The number of hydrogen-bond acceptors (Lipinski definition) is 3. The van der Waals surface area contributed by atoms with Gasteiger partial charge in [-0.05, 0) is 18.9 Å². The van der Waals surface area contributed by atoms with Crippen molar-refractivity contribution < 1.29 is 13.6 Å². The third-order valence-electron chi connectivity index (χ3n) is 5.91. The van der Waals surface area contributed by atoms with Gasteiger partial charge in [0, 0.05) is 51.1 Å². The molecule has 0 bridgehead atoms. The molecule has 7 nitrogen and oxygen atoms in total. The Hall–Kier alpha value is -2.71. The third kappa shape index (κ3) is 2.89. The van der Waals surface area contributed by atoms with Crippen molar-refractivity contribution in [3.05, 3.63) is 30.5 Å². The van der Waals surface area contributed by atoms with Crippen LogP contribution in [0.1, 0.15) is 37.4 Å². The Balaban J connectivity index is 1.38. The second-order valence-corrected chi connectivity index (χ2v) is 7.76. The molecule has 0 spiro atoms. The van der Waals surface area contributed by atoms with E-state index in [0.717, 1.165) is 35.3 Å². The molecular weight excluding hydrogens is 366 g/mol. The summed E-state index contributed by atoms with van der Waals surface area (Å²) in [5.41, 5.74) is 2.68. The number of H-pyrrole nitrogens is 1. The molecule has 148 valence electrons. The third-order valence-corrected chi connectivity index (χ3v) is 5.91. The normalized spacial score (nSPS) is 22.9. The van der Waals surface area contributed by atoms with Crippen LogP contribution in [0.2, 0.25) is 0 Å². The van der Waals surface area contributed by atoms with Crippen molar-refractivity contribution in [2.45, 2.75) is 37.5 Å². The maximum atomic E-state index is 13.4. The number of nitrogens with one attached hydrogen (secondary N) is 1. The van der Waals surface area contributed by atoms with Gasteiger partial charge in [0.2, 0.25) is 0 Å². The SMILES string of the molecule is O=C(N1CCC(F)(F)CC1)N1CCCC(c2ncc3cnc4[nH]ccc4n23)C1. The van der Waals surface area contributed by atoms with Crippen LogP contribution in [-0.4, -0.2) is 67.3 Å². The highest BCUT2D eigenvalue weighted by atomic mass is 19.3. The van der Waals surface area contributed by atoms with E-state index in [4.69, 9.17) is 0 Å². The highest BCUT2D eigenvalue weighted by molar-refractivity contribution is 5.76. The van der Waals surface area contributed by atoms with Crippen LogP contribution in [-0.2, 0) is 0 Å². The Labute approximate surface area is 160 Å². The zero-order valence-corrected chi connectivity index (χ0v) is 15.4. The molecule has 5 rings (SSSR count). The lowest BCUT2D eigenvalue weighted by Crippen LogP contribution is -2.51. The van der Waals surface area contributed by atoms with Gasteiger partial charge in [0.25, 0.3) is 5.92 Å². The molecule has 1 N–H and O–H groups in total. The number of carbonyl (C=O) groups is 1. The summed E-state index contributed by atoms with van der Waals surface area (Å²) in [5.74, 6) is -1.62. The number of fused-ring (bicyclic) bond motifs is 3. The van der Waals surface area contributed by atoms with Gasteiger partial charge in [-0.15, -0.1) is 0 Å².